The zero-order chi connectivity index (χ0) is 15.5. The number of nitrogens with zero attached hydrogens (tertiary/aromatic N) is 1. The molecule has 0 spiro atoms. The Bertz CT molecular complexity index is 520. The highest BCUT2D eigenvalue weighted by atomic mass is 16.5. The highest BCUT2D eigenvalue weighted by molar-refractivity contribution is 5.32. The van der Waals surface area contributed by atoms with Crippen molar-refractivity contribution in [1.29, 1.82) is 5.26 Å². The van der Waals surface area contributed by atoms with Crippen LogP contribution in [0.3, 0.4) is 0 Å². The van der Waals surface area contributed by atoms with Crippen LogP contribution in [-0.4, -0.2) is 11.2 Å². The first-order valence-electron chi connectivity index (χ1n) is 7.83. The molecule has 1 aliphatic rings. The van der Waals surface area contributed by atoms with Crippen molar-refractivity contribution < 1.29 is 9.84 Å². The predicted molar refractivity (Wildman–Crippen MR) is 82.8 cm³/mol. The molecule has 1 aliphatic carbocycles. The van der Waals surface area contributed by atoms with Crippen molar-refractivity contribution in [2.45, 2.75) is 58.7 Å². The summed E-state index contributed by atoms with van der Waals surface area (Å²) in [6.45, 7) is 6.11. The summed E-state index contributed by atoms with van der Waals surface area (Å²) in [4.78, 5) is 0. The quantitative estimate of drug-likeness (QED) is 0.901. The van der Waals surface area contributed by atoms with Crippen molar-refractivity contribution >= 4 is 0 Å². The van der Waals surface area contributed by atoms with Crippen LogP contribution in [0.5, 0.6) is 5.75 Å². The molecule has 1 N–H and O–H groups in total. The Labute approximate surface area is 127 Å². The third kappa shape index (κ3) is 3.57. The van der Waals surface area contributed by atoms with Crippen LogP contribution < -0.4 is 4.74 Å². The van der Waals surface area contributed by atoms with E-state index >= 15 is 0 Å². The van der Waals surface area contributed by atoms with E-state index < -0.39 is 11.5 Å². The van der Waals surface area contributed by atoms with Crippen molar-refractivity contribution in [2.75, 3.05) is 0 Å². The predicted octanol–water partition coefficient (Wildman–Crippen LogP) is 4.23. The summed E-state index contributed by atoms with van der Waals surface area (Å²) < 4.78 is 5.69. The van der Waals surface area contributed by atoms with Crippen molar-refractivity contribution in [3.05, 3.63) is 29.8 Å². The van der Waals surface area contributed by atoms with Crippen molar-refractivity contribution in [2.24, 2.45) is 11.3 Å². The molecule has 0 aromatic heterocycles. The van der Waals surface area contributed by atoms with Gasteiger partial charge in [-0.05, 0) is 50.3 Å². The summed E-state index contributed by atoms with van der Waals surface area (Å²) in [6.07, 6.45) is 3.03. The molecule has 1 saturated carbocycles. The fourth-order valence-corrected chi connectivity index (χ4v) is 3.35. The Balaban J connectivity index is 2.25. The molecular formula is C18H25NO2. The first-order chi connectivity index (χ1) is 9.97. The molecule has 3 nitrogen and oxygen atoms in total. The second-order valence-corrected chi connectivity index (χ2v) is 6.61. The SMILES string of the molecule is CC1CCCC(C#N)(C(O)c2cccc(OC(C)C)c2)C1. The minimum atomic E-state index is -0.749. The smallest absolute Gasteiger partial charge is 0.120 e. The first kappa shape index (κ1) is 15.9. The van der Waals surface area contributed by atoms with E-state index in [0.29, 0.717) is 5.92 Å². The number of benzene rings is 1. The largest absolute Gasteiger partial charge is 0.491 e. The zero-order valence-corrected chi connectivity index (χ0v) is 13.2. The van der Waals surface area contributed by atoms with Gasteiger partial charge in [0.1, 0.15) is 5.75 Å². The lowest BCUT2D eigenvalue weighted by atomic mass is 9.66. The summed E-state index contributed by atoms with van der Waals surface area (Å²) in [5, 5.41) is 20.5. The van der Waals surface area contributed by atoms with E-state index in [1.807, 2.05) is 38.1 Å². The monoisotopic (exact) mass is 287 g/mol. The lowest BCUT2D eigenvalue weighted by molar-refractivity contribution is 0.0217. The minimum Gasteiger partial charge on any atom is -0.491 e. The Morgan fingerprint density at radius 3 is 2.81 bits per heavy atom. The van der Waals surface area contributed by atoms with E-state index in [9.17, 15) is 10.4 Å². The molecular weight excluding hydrogens is 262 g/mol. The summed E-state index contributed by atoms with van der Waals surface area (Å²) in [5.74, 6) is 1.24. The van der Waals surface area contributed by atoms with Crippen molar-refractivity contribution in [3.63, 3.8) is 0 Å². The molecule has 2 rings (SSSR count). The normalized spacial score (nSPS) is 27.1. The van der Waals surface area contributed by atoms with Crippen LogP contribution in [0.1, 0.15) is 58.1 Å². The van der Waals surface area contributed by atoms with E-state index in [2.05, 4.69) is 13.0 Å². The lowest BCUT2D eigenvalue weighted by Crippen LogP contribution is -2.33. The summed E-state index contributed by atoms with van der Waals surface area (Å²) in [5.41, 5.74) is 0.123. The van der Waals surface area contributed by atoms with Gasteiger partial charge in [-0.15, -0.1) is 0 Å². The third-order valence-corrected chi connectivity index (χ3v) is 4.32. The average Bonchev–Trinajstić information content (AvgIpc) is 2.46. The van der Waals surface area contributed by atoms with E-state index in [4.69, 9.17) is 4.74 Å². The molecule has 21 heavy (non-hydrogen) atoms. The van der Waals surface area contributed by atoms with Crippen LogP contribution in [0, 0.1) is 22.7 Å². The summed E-state index contributed by atoms with van der Waals surface area (Å²) >= 11 is 0. The minimum absolute atomic E-state index is 0.0945. The molecule has 1 aromatic rings. The summed E-state index contributed by atoms with van der Waals surface area (Å²) in [6, 6.07) is 9.93. The Morgan fingerprint density at radius 1 is 1.43 bits per heavy atom. The van der Waals surface area contributed by atoms with Crippen molar-refractivity contribution in [1.82, 2.24) is 0 Å². The number of ether oxygens (including phenoxy) is 1. The van der Waals surface area contributed by atoms with Crippen LogP contribution in [0.15, 0.2) is 24.3 Å². The van der Waals surface area contributed by atoms with Gasteiger partial charge in [-0.25, -0.2) is 0 Å². The molecule has 1 aromatic carbocycles. The summed E-state index contributed by atoms with van der Waals surface area (Å²) in [7, 11) is 0. The third-order valence-electron chi connectivity index (χ3n) is 4.32. The van der Waals surface area contributed by atoms with Gasteiger partial charge in [0.2, 0.25) is 0 Å². The Hall–Kier alpha value is -1.53. The molecule has 0 bridgehead atoms. The molecule has 114 valence electrons. The van der Waals surface area contributed by atoms with Crippen LogP contribution in [0.4, 0.5) is 0 Å². The second-order valence-electron chi connectivity index (χ2n) is 6.61. The van der Waals surface area contributed by atoms with Crippen LogP contribution in [0.25, 0.3) is 0 Å². The van der Waals surface area contributed by atoms with Crippen LogP contribution in [0.2, 0.25) is 0 Å². The average molecular weight is 287 g/mol. The number of aliphatic hydroxyl groups is 1. The van der Waals surface area contributed by atoms with E-state index in [-0.39, 0.29) is 6.10 Å². The second kappa shape index (κ2) is 6.49. The van der Waals surface area contributed by atoms with E-state index in [0.717, 1.165) is 37.0 Å². The zero-order valence-electron chi connectivity index (χ0n) is 13.2. The first-order valence-corrected chi connectivity index (χ1v) is 7.83. The van der Waals surface area contributed by atoms with E-state index in [1.54, 1.807) is 0 Å². The van der Waals surface area contributed by atoms with Gasteiger partial charge in [0.05, 0.1) is 23.7 Å². The van der Waals surface area contributed by atoms with Gasteiger partial charge in [0.15, 0.2) is 0 Å². The van der Waals surface area contributed by atoms with Gasteiger partial charge in [-0.3, -0.25) is 0 Å². The van der Waals surface area contributed by atoms with Gasteiger partial charge in [-0.1, -0.05) is 31.9 Å². The van der Waals surface area contributed by atoms with Gasteiger partial charge in [0, 0.05) is 0 Å². The highest BCUT2D eigenvalue weighted by Crippen LogP contribution is 2.47. The fourth-order valence-electron chi connectivity index (χ4n) is 3.35. The maximum atomic E-state index is 10.8. The molecule has 0 heterocycles. The van der Waals surface area contributed by atoms with E-state index in [1.165, 1.54) is 0 Å². The maximum Gasteiger partial charge on any atom is 0.120 e. The molecule has 0 saturated heterocycles. The molecule has 3 unspecified atom stereocenters. The number of nitriles is 1. The van der Waals surface area contributed by atoms with Gasteiger partial charge in [-0.2, -0.15) is 5.26 Å². The standard InChI is InChI=1S/C18H25NO2/c1-13(2)21-16-8-4-7-15(10-16)17(20)18(12-19)9-5-6-14(3)11-18/h4,7-8,10,13-14,17,20H,5-6,9,11H2,1-3H3. The number of hydrogen-bond acceptors (Lipinski definition) is 3. The maximum absolute atomic E-state index is 10.8. The number of hydrogen-bond donors (Lipinski definition) is 1. The Kier molecular flexibility index (Phi) is 4.90. The van der Waals surface area contributed by atoms with Crippen molar-refractivity contribution in [3.8, 4) is 11.8 Å². The molecule has 3 heteroatoms. The Morgan fingerprint density at radius 2 is 2.19 bits per heavy atom. The number of rotatable bonds is 4. The molecule has 3 atom stereocenters. The molecule has 0 amide bonds. The van der Waals surface area contributed by atoms with Crippen LogP contribution in [-0.2, 0) is 0 Å². The molecule has 0 radical (unpaired) electrons. The number of aliphatic hydroxyl groups excluding tert-OH is 1. The fraction of sp³-hybridized carbons (Fsp3) is 0.611. The van der Waals surface area contributed by atoms with Gasteiger partial charge in [0.25, 0.3) is 0 Å². The lowest BCUT2D eigenvalue weighted by Gasteiger charge is -2.38. The van der Waals surface area contributed by atoms with Crippen LogP contribution >= 0.6 is 0 Å². The van der Waals surface area contributed by atoms with Gasteiger partial charge < -0.3 is 9.84 Å². The van der Waals surface area contributed by atoms with Gasteiger partial charge >= 0.3 is 0 Å². The highest BCUT2D eigenvalue weighted by Gasteiger charge is 2.42. The topological polar surface area (TPSA) is 53.2 Å². The molecule has 0 aliphatic heterocycles. The molecule has 1 fully saturated rings.